The summed E-state index contributed by atoms with van der Waals surface area (Å²) in [6.07, 6.45) is 1.97. The van der Waals surface area contributed by atoms with Crippen molar-refractivity contribution in [1.82, 2.24) is 4.90 Å². The molecule has 4 nitrogen and oxygen atoms in total. The topological polar surface area (TPSA) is 72.3 Å². The molecule has 0 fully saturated rings. The molecule has 0 aliphatic heterocycles. The van der Waals surface area contributed by atoms with Crippen molar-refractivity contribution in [1.29, 1.82) is 0 Å². The van der Waals surface area contributed by atoms with Crippen molar-refractivity contribution in [2.75, 3.05) is 13.1 Å². The summed E-state index contributed by atoms with van der Waals surface area (Å²) in [6.45, 7) is 3.44. The zero-order chi connectivity index (χ0) is 15.1. The highest BCUT2D eigenvalue weighted by molar-refractivity contribution is 7.80. The van der Waals surface area contributed by atoms with Crippen LogP contribution in [0.4, 0.5) is 4.39 Å². The molecule has 0 aliphatic carbocycles. The number of hydrogen-bond donors (Lipinski definition) is 2. The summed E-state index contributed by atoms with van der Waals surface area (Å²) in [5, 5.41) is 0. The molecule has 0 aromatic heterocycles. The van der Waals surface area contributed by atoms with Crippen molar-refractivity contribution in [3.63, 3.8) is 0 Å². The third kappa shape index (κ3) is 5.22. The first-order valence-electron chi connectivity index (χ1n) is 6.53. The van der Waals surface area contributed by atoms with Crippen molar-refractivity contribution in [3.8, 4) is 0 Å². The minimum absolute atomic E-state index is 0.147. The zero-order valence-corrected chi connectivity index (χ0v) is 12.4. The number of nitrogens with zero attached hydrogens (tertiary/aromatic N) is 1. The van der Waals surface area contributed by atoms with Crippen LogP contribution in [0.25, 0.3) is 0 Å². The molecular weight excluding hydrogens is 277 g/mol. The van der Waals surface area contributed by atoms with Crippen molar-refractivity contribution in [2.45, 2.75) is 26.3 Å². The number of carbonyl (C=O) groups is 1. The predicted molar refractivity (Wildman–Crippen MR) is 81.7 cm³/mol. The molecule has 0 spiro atoms. The van der Waals surface area contributed by atoms with Crippen LogP contribution in [0.5, 0.6) is 0 Å². The first kappa shape index (κ1) is 16.5. The molecule has 1 aromatic rings. The van der Waals surface area contributed by atoms with E-state index in [9.17, 15) is 9.18 Å². The van der Waals surface area contributed by atoms with Gasteiger partial charge in [0.05, 0.1) is 6.54 Å². The molecule has 0 bridgehead atoms. The fraction of sp³-hybridized carbons (Fsp3) is 0.429. The number of halogens is 1. The molecule has 0 aliphatic rings. The molecule has 0 saturated carbocycles. The van der Waals surface area contributed by atoms with Gasteiger partial charge in [-0.15, -0.1) is 0 Å². The van der Waals surface area contributed by atoms with Crippen LogP contribution >= 0.6 is 12.2 Å². The number of amides is 1. The van der Waals surface area contributed by atoms with Crippen molar-refractivity contribution >= 4 is 23.1 Å². The summed E-state index contributed by atoms with van der Waals surface area (Å²) >= 11 is 4.94. The quantitative estimate of drug-likeness (QED) is 0.714. The summed E-state index contributed by atoms with van der Waals surface area (Å²) in [7, 11) is 0. The van der Waals surface area contributed by atoms with Gasteiger partial charge in [0.1, 0.15) is 10.8 Å². The SMILES string of the molecule is CCCCN(CC(N)=O)Cc1ccc(F)cc1C(N)=S. The summed E-state index contributed by atoms with van der Waals surface area (Å²) in [5.74, 6) is -0.772. The Bertz CT molecular complexity index is 493. The number of hydrogen-bond acceptors (Lipinski definition) is 3. The second-order valence-corrected chi connectivity index (χ2v) is 5.14. The Kier molecular flexibility index (Phi) is 6.54. The highest BCUT2D eigenvalue weighted by Gasteiger charge is 2.13. The van der Waals surface area contributed by atoms with Gasteiger partial charge in [-0.05, 0) is 30.7 Å². The Morgan fingerprint density at radius 1 is 1.40 bits per heavy atom. The lowest BCUT2D eigenvalue weighted by Crippen LogP contribution is -2.34. The normalized spacial score (nSPS) is 10.8. The molecule has 1 aromatic carbocycles. The number of carbonyl (C=O) groups excluding carboxylic acids is 1. The maximum Gasteiger partial charge on any atom is 0.231 e. The molecule has 20 heavy (non-hydrogen) atoms. The molecule has 1 rings (SSSR count). The van der Waals surface area contributed by atoms with Gasteiger partial charge in [0, 0.05) is 12.1 Å². The second-order valence-electron chi connectivity index (χ2n) is 4.70. The summed E-state index contributed by atoms with van der Waals surface area (Å²) < 4.78 is 13.3. The van der Waals surface area contributed by atoms with Crippen molar-refractivity contribution in [3.05, 3.63) is 35.1 Å². The fourth-order valence-electron chi connectivity index (χ4n) is 1.97. The van der Waals surface area contributed by atoms with E-state index in [1.807, 2.05) is 4.90 Å². The van der Waals surface area contributed by atoms with Gasteiger partial charge in [0.15, 0.2) is 0 Å². The number of rotatable bonds is 8. The Morgan fingerprint density at radius 2 is 2.10 bits per heavy atom. The first-order valence-corrected chi connectivity index (χ1v) is 6.93. The minimum Gasteiger partial charge on any atom is -0.389 e. The first-order chi connectivity index (χ1) is 9.43. The second kappa shape index (κ2) is 7.91. The van der Waals surface area contributed by atoms with Gasteiger partial charge in [0.25, 0.3) is 0 Å². The Hall–Kier alpha value is -1.53. The van der Waals surface area contributed by atoms with Gasteiger partial charge < -0.3 is 11.5 Å². The third-order valence-electron chi connectivity index (χ3n) is 2.94. The number of primary amides is 1. The van der Waals surface area contributed by atoms with Gasteiger partial charge in [-0.2, -0.15) is 0 Å². The predicted octanol–water partition coefficient (Wildman–Crippen LogP) is 1.55. The molecule has 110 valence electrons. The van der Waals surface area contributed by atoms with Crippen LogP contribution in [0.1, 0.15) is 30.9 Å². The van der Waals surface area contributed by atoms with Gasteiger partial charge >= 0.3 is 0 Å². The van der Waals surface area contributed by atoms with E-state index in [-0.39, 0.29) is 23.3 Å². The van der Waals surface area contributed by atoms with E-state index in [2.05, 4.69) is 6.92 Å². The molecule has 0 atom stereocenters. The summed E-state index contributed by atoms with van der Waals surface area (Å²) in [4.78, 5) is 13.2. The maximum atomic E-state index is 13.3. The van der Waals surface area contributed by atoms with Crippen LogP contribution in [0.3, 0.4) is 0 Å². The van der Waals surface area contributed by atoms with E-state index in [0.29, 0.717) is 12.1 Å². The Morgan fingerprint density at radius 3 is 2.65 bits per heavy atom. The van der Waals surface area contributed by atoms with E-state index in [1.165, 1.54) is 12.1 Å². The third-order valence-corrected chi connectivity index (χ3v) is 3.16. The van der Waals surface area contributed by atoms with Crippen molar-refractivity contribution in [2.24, 2.45) is 11.5 Å². The van der Waals surface area contributed by atoms with Gasteiger partial charge in [-0.25, -0.2) is 4.39 Å². The van der Waals surface area contributed by atoms with E-state index in [1.54, 1.807) is 6.07 Å². The monoisotopic (exact) mass is 297 g/mol. The molecule has 6 heteroatoms. The minimum atomic E-state index is -0.389. The van der Waals surface area contributed by atoms with Crippen LogP contribution in [0, 0.1) is 5.82 Å². The smallest absolute Gasteiger partial charge is 0.231 e. The molecular formula is C14H20FN3OS. The lowest BCUT2D eigenvalue weighted by molar-refractivity contribution is -0.119. The van der Waals surface area contributed by atoms with Crippen LogP contribution < -0.4 is 11.5 Å². The highest BCUT2D eigenvalue weighted by Crippen LogP contribution is 2.14. The fourth-order valence-corrected chi connectivity index (χ4v) is 2.16. The lowest BCUT2D eigenvalue weighted by Gasteiger charge is -2.22. The van der Waals surface area contributed by atoms with Crippen LogP contribution in [0.15, 0.2) is 18.2 Å². The molecule has 1 amide bonds. The average molecular weight is 297 g/mol. The molecule has 0 saturated heterocycles. The zero-order valence-electron chi connectivity index (χ0n) is 11.6. The van der Waals surface area contributed by atoms with E-state index in [4.69, 9.17) is 23.7 Å². The number of nitrogens with two attached hydrogens (primary N) is 2. The molecule has 0 heterocycles. The number of unbranched alkanes of at least 4 members (excludes halogenated alkanes) is 1. The Balaban J connectivity index is 2.91. The van der Waals surface area contributed by atoms with Crippen LogP contribution in [-0.2, 0) is 11.3 Å². The largest absolute Gasteiger partial charge is 0.389 e. The highest BCUT2D eigenvalue weighted by atomic mass is 32.1. The summed E-state index contributed by atoms with van der Waals surface area (Å²) in [6, 6.07) is 4.32. The van der Waals surface area contributed by atoms with Crippen LogP contribution in [-0.4, -0.2) is 28.9 Å². The number of benzene rings is 1. The van der Waals surface area contributed by atoms with Gasteiger partial charge in [-0.1, -0.05) is 31.6 Å². The Labute approximate surface area is 123 Å². The number of thiocarbonyl (C=S) groups is 1. The van der Waals surface area contributed by atoms with E-state index < -0.39 is 0 Å². The van der Waals surface area contributed by atoms with E-state index in [0.717, 1.165) is 24.9 Å². The van der Waals surface area contributed by atoms with Crippen LogP contribution in [0.2, 0.25) is 0 Å². The van der Waals surface area contributed by atoms with E-state index >= 15 is 0 Å². The van der Waals surface area contributed by atoms with Gasteiger partial charge in [-0.3, -0.25) is 9.69 Å². The molecule has 4 N–H and O–H groups in total. The summed E-state index contributed by atoms with van der Waals surface area (Å²) in [5.41, 5.74) is 12.2. The molecule has 0 radical (unpaired) electrons. The van der Waals surface area contributed by atoms with Gasteiger partial charge in [0.2, 0.25) is 5.91 Å². The maximum absolute atomic E-state index is 13.3. The van der Waals surface area contributed by atoms with Crippen molar-refractivity contribution < 1.29 is 9.18 Å². The average Bonchev–Trinajstić information content (AvgIpc) is 2.37. The lowest BCUT2D eigenvalue weighted by atomic mass is 10.1. The molecule has 0 unspecified atom stereocenters. The standard InChI is InChI=1S/C14H20FN3OS/c1-2-3-6-18(9-13(16)19)8-10-4-5-11(15)7-12(10)14(17)20/h4-5,7H,2-3,6,8-9H2,1H3,(H2,16,19)(H2,17,20).